The lowest BCUT2D eigenvalue weighted by atomic mass is 10.0. The first-order valence-electron chi connectivity index (χ1n) is 7.16. The molecular formula is C15H20N2O4. The highest BCUT2D eigenvalue weighted by molar-refractivity contribution is 5.98. The van der Waals surface area contributed by atoms with E-state index in [4.69, 9.17) is 4.74 Å². The molecule has 1 fully saturated rings. The second kappa shape index (κ2) is 6.67. The number of para-hydroxylation sites is 1. The van der Waals surface area contributed by atoms with E-state index in [1.54, 1.807) is 17.0 Å². The van der Waals surface area contributed by atoms with Gasteiger partial charge in [-0.25, -0.2) is 0 Å². The lowest BCUT2D eigenvalue weighted by Gasteiger charge is -2.37. The molecule has 1 aromatic carbocycles. The van der Waals surface area contributed by atoms with Gasteiger partial charge in [-0.15, -0.1) is 0 Å². The first-order valence-corrected chi connectivity index (χ1v) is 7.16. The number of carbonyl (C=O) groups is 1. The minimum atomic E-state index is -0.504. The lowest BCUT2D eigenvalue weighted by molar-refractivity contribution is -0.385. The summed E-state index contributed by atoms with van der Waals surface area (Å²) in [6, 6.07) is 6.18. The SMILES string of the molecule is CC(C)N(C(=O)c1ccccc1[N+](=O)[O-])C1CCOCC1. The van der Waals surface area contributed by atoms with Crippen LogP contribution < -0.4 is 0 Å². The summed E-state index contributed by atoms with van der Waals surface area (Å²) in [6.07, 6.45) is 1.54. The number of nitro groups is 1. The molecule has 0 radical (unpaired) electrons. The third-order valence-corrected chi connectivity index (χ3v) is 3.71. The summed E-state index contributed by atoms with van der Waals surface area (Å²) in [6.45, 7) is 5.11. The van der Waals surface area contributed by atoms with Crippen molar-refractivity contribution in [2.45, 2.75) is 38.8 Å². The summed E-state index contributed by atoms with van der Waals surface area (Å²) in [5.41, 5.74) is 0.0166. The van der Waals surface area contributed by atoms with Gasteiger partial charge in [-0.05, 0) is 32.8 Å². The summed E-state index contributed by atoms with van der Waals surface area (Å²) >= 11 is 0. The molecule has 0 spiro atoms. The molecule has 0 saturated carbocycles. The van der Waals surface area contributed by atoms with E-state index in [2.05, 4.69) is 0 Å². The number of carbonyl (C=O) groups excluding carboxylic acids is 1. The first-order chi connectivity index (χ1) is 10.0. The van der Waals surface area contributed by atoms with Gasteiger partial charge >= 0.3 is 0 Å². The number of nitro benzene ring substituents is 1. The van der Waals surface area contributed by atoms with Gasteiger partial charge in [-0.2, -0.15) is 0 Å². The Labute approximate surface area is 123 Å². The molecule has 21 heavy (non-hydrogen) atoms. The zero-order valence-corrected chi connectivity index (χ0v) is 12.3. The van der Waals surface area contributed by atoms with Crippen molar-refractivity contribution in [2.24, 2.45) is 0 Å². The molecule has 1 amide bonds. The molecule has 2 rings (SSSR count). The highest BCUT2D eigenvalue weighted by Gasteiger charge is 2.31. The third kappa shape index (κ3) is 3.39. The molecule has 0 unspecified atom stereocenters. The van der Waals surface area contributed by atoms with Gasteiger partial charge < -0.3 is 9.64 Å². The van der Waals surface area contributed by atoms with Gasteiger partial charge in [0.25, 0.3) is 11.6 Å². The van der Waals surface area contributed by atoms with Crippen molar-refractivity contribution in [3.05, 3.63) is 39.9 Å². The van der Waals surface area contributed by atoms with Gasteiger partial charge in [0.15, 0.2) is 0 Å². The van der Waals surface area contributed by atoms with Crippen LogP contribution in [-0.4, -0.2) is 41.0 Å². The minimum Gasteiger partial charge on any atom is -0.381 e. The fourth-order valence-electron chi connectivity index (χ4n) is 2.74. The average molecular weight is 292 g/mol. The summed E-state index contributed by atoms with van der Waals surface area (Å²) in [5, 5.41) is 11.1. The maximum absolute atomic E-state index is 12.8. The van der Waals surface area contributed by atoms with Crippen LogP contribution in [0.15, 0.2) is 24.3 Å². The van der Waals surface area contributed by atoms with E-state index in [9.17, 15) is 14.9 Å². The van der Waals surface area contributed by atoms with E-state index in [0.717, 1.165) is 12.8 Å². The van der Waals surface area contributed by atoms with Crippen molar-refractivity contribution in [1.82, 2.24) is 4.90 Å². The van der Waals surface area contributed by atoms with Crippen molar-refractivity contribution >= 4 is 11.6 Å². The van der Waals surface area contributed by atoms with Gasteiger partial charge in [-0.1, -0.05) is 12.1 Å². The Morgan fingerprint density at radius 2 is 1.95 bits per heavy atom. The topological polar surface area (TPSA) is 72.7 Å². The number of rotatable bonds is 4. The number of amides is 1. The van der Waals surface area contributed by atoms with Gasteiger partial charge in [0.05, 0.1) is 4.92 Å². The molecule has 0 atom stereocenters. The normalized spacial score (nSPS) is 16.0. The van der Waals surface area contributed by atoms with Crippen LogP contribution in [0.2, 0.25) is 0 Å². The van der Waals surface area contributed by atoms with Crippen LogP contribution in [0, 0.1) is 10.1 Å². The molecule has 114 valence electrons. The van der Waals surface area contributed by atoms with Gasteiger partial charge in [0.1, 0.15) is 5.56 Å². The quantitative estimate of drug-likeness (QED) is 0.631. The molecule has 6 heteroatoms. The van der Waals surface area contributed by atoms with E-state index >= 15 is 0 Å². The second-order valence-corrected chi connectivity index (χ2v) is 5.42. The molecule has 1 aliphatic heterocycles. The van der Waals surface area contributed by atoms with Crippen molar-refractivity contribution in [3.8, 4) is 0 Å². The fraction of sp³-hybridized carbons (Fsp3) is 0.533. The van der Waals surface area contributed by atoms with Gasteiger partial charge in [0, 0.05) is 31.4 Å². The summed E-state index contributed by atoms with van der Waals surface area (Å²) in [7, 11) is 0. The molecule has 6 nitrogen and oxygen atoms in total. The Morgan fingerprint density at radius 3 is 2.52 bits per heavy atom. The zero-order valence-electron chi connectivity index (χ0n) is 12.3. The lowest BCUT2D eigenvalue weighted by Crippen LogP contribution is -2.47. The van der Waals surface area contributed by atoms with Crippen molar-refractivity contribution in [3.63, 3.8) is 0 Å². The van der Waals surface area contributed by atoms with Crippen LogP contribution in [0.3, 0.4) is 0 Å². The standard InChI is InChI=1S/C15H20N2O4/c1-11(2)16(12-7-9-21-10-8-12)15(18)13-5-3-4-6-14(13)17(19)20/h3-6,11-12H,7-10H2,1-2H3. The summed E-state index contributed by atoms with van der Waals surface area (Å²) in [5.74, 6) is -0.274. The monoisotopic (exact) mass is 292 g/mol. The maximum atomic E-state index is 12.8. The number of benzene rings is 1. The first kappa shape index (κ1) is 15.4. The Kier molecular flexibility index (Phi) is 4.90. The maximum Gasteiger partial charge on any atom is 0.282 e. The van der Waals surface area contributed by atoms with E-state index in [1.165, 1.54) is 12.1 Å². The second-order valence-electron chi connectivity index (χ2n) is 5.42. The zero-order chi connectivity index (χ0) is 15.4. The number of nitrogens with zero attached hydrogens (tertiary/aromatic N) is 2. The fourth-order valence-corrected chi connectivity index (χ4v) is 2.74. The number of hydrogen-bond acceptors (Lipinski definition) is 4. The highest BCUT2D eigenvalue weighted by Crippen LogP contribution is 2.25. The van der Waals surface area contributed by atoms with Gasteiger partial charge in [0.2, 0.25) is 0 Å². The summed E-state index contributed by atoms with van der Waals surface area (Å²) in [4.78, 5) is 25.2. The molecular weight excluding hydrogens is 272 g/mol. The van der Waals surface area contributed by atoms with Crippen molar-refractivity contribution in [1.29, 1.82) is 0 Å². The highest BCUT2D eigenvalue weighted by atomic mass is 16.6. The Bertz CT molecular complexity index is 524. The van der Waals surface area contributed by atoms with Crippen LogP contribution in [0.5, 0.6) is 0 Å². The van der Waals surface area contributed by atoms with Crippen LogP contribution in [0.25, 0.3) is 0 Å². The van der Waals surface area contributed by atoms with Crippen LogP contribution in [0.1, 0.15) is 37.0 Å². The molecule has 1 heterocycles. The van der Waals surface area contributed by atoms with Crippen molar-refractivity contribution in [2.75, 3.05) is 13.2 Å². The van der Waals surface area contributed by atoms with E-state index in [0.29, 0.717) is 13.2 Å². The minimum absolute atomic E-state index is 0.0135. The molecule has 1 aliphatic rings. The Hall–Kier alpha value is -1.95. The number of ether oxygens (including phenoxy) is 1. The molecule has 0 aliphatic carbocycles. The number of hydrogen-bond donors (Lipinski definition) is 0. The molecule has 0 N–H and O–H groups in total. The largest absolute Gasteiger partial charge is 0.381 e. The van der Waals surface area contributed by atoms with E-state index in [-0.39, 0.29) is 29.2 Å². The molecule has 0 aromatic heterocycles. The van der Waals surface area contributed by atoms with Gasteiger partial charge in [-0.3, -0.25) is 14.9 Å². The molecule has 0 bridgehead atoms. The van der Waals surface area contributed by atoms with E-state index < -0.39 is 4.92 Å². The molecule has 1 saturated heterocycles. The van der Waals surface area contributed by atoms with Crippen LogP contribution >= 0.6 is 0 Å². The Morgan fingerprint density at radius 1 is 1.33 bits per heavy atom. The van der Waals surface area contributed by atoms with Crippen LogP contribution in [-0.2, 0) is 4.74 Å². The van der Waals surface area contributed by atoms with Crippen molar-refractivity contribution < 1.29 is 14.5 Å². The molecule has 1 aromatic rings. The average Bonchev–Trinajstić information content (AvgIpc) is 2.48. The predicted octanol–water partition coefficient (Wildman–Crippen LogP) is 2.62. The van der Waals surface area contributed by atoms with Crippen LogP contribution in [0.4, 0.5) is 5.69 Å². The smallest absolute Gasteiger partial charge is 0.282 e. The Balaban J connectivity index is 2.32. The summed E-state index contributed by atoms with van der Waals surface area (Å²) < 4.78 is 5.33. The van der Waals surface area contributed by atoms with E-state index in [1.807, 2.05) is 13.8 Å². The predicted molar refractivity (Wildman–Crippen MR) is 78.2 cm³/mol. The third-order valence-electron chi connectivity index (χ3n) is 3.71.